The Labute approximate surface area is 66.3 Å². The Morgan fingerprint density at radius 2 is 2.55 bits per heavy atom. The first-order valence-corrected chi connectivity index (χ1v) is 5.27. The summed E-state index contributed by atoms with van der Waals surface area (Å²) in [6, 6.07) is 1.96. The molecule has 0 aromatic carbocycles. The van der Waals surface area contributed by atoms with Crippen LogP contribution < -0.4 is 0 Å². The zero-order valence-electron chi connectivity index (χ0n) is 6.49. The normalized spacial score (nSPS) is 32.0. The first-order chi connectivity index (χ1) is 5.19. The van der Waals surface area contributed by atoms with Gasteiger partial charge >= 0.3 is 0 Å². The lowest BCUT2D eigenvalue weighted by molar-refractivity contribution is 0.358. The molecule has 0 N–H and O–H groups in total. The van der Waals surface area contributed by atoms with Crippen LogP contribution in [-0.4, -0.2) is 31.0 Å². The third-order valence-electron chi connectivity index (χ3n) is 1.73. The van der Waals surface area contributed by atoms with Gasteiger partial charge in [0, 0.05) is 13.0 Å². The Morgan fingerprint density at radius 3 is 3.00 bits per heavy atom. The molecule has 0 aromatic rings. The fraction of sp³-hybridized carbons (Fsp3) is 0.833. The molecule has 1 unspecified atom stereocenters. The van der Waals surface area contributed by atoms with Crippen molar-refractivity contribution in [1.29, 1.82) is 5.26 Å². The highest BCUT2D eigenvalue weighted by atomic mass is 31.2. The number of likely N-dealkylation sites (N-methyl/N-ethyl adjacent to an activating group) is 1. The molecule has 0 bridgehead atoms. The van der Waals surface area contributed by atoms with Crippen molar-refractivity contribution in [2.45, 2.75) is 6.42 Å². The van der Waals surface area contributed by atoms with Crippen molar-refractivity contribution in [3.63, 3.8) is 0 Å². The molecule has 0 spiro atoms. The highest BCUT2D eigenvalue weighted by molar-refractivity contribution is 7.56. The Bertz CT molecular complexity index is 223. The maximum absolute atomic E-state index is 11.7. The minimum atomic E-state index is -2.57. The highest BCUT2D eigenvalue weighted by Crippen LogP contribution is 2.53. The maximum Gasteiger partial charge on any atom is 0.273 e. The van der Waals surface area contributed by atoms with Gasteiger partial charge in [-0.3, -0.25) is 4.57 Å². The van der Waals surface area contributed by atoms with Crippen LogP contribution in [0.5, 0.6) is 0 Å². The molecule has 1 aliphatic heterocycles. The van der Waals surface area contributed by atoms with E-state index in [1.54, 1.807) is 11.7 Å². The lowest BCUT2D eigenvalue weighted by Crippen LogP contribution is -2.10. The Morgan fingerprint density at radius 1 is 1.82 bits per heavy atom. The first-order valence-electron chi connectivity index (χ1n) is 3.51. The number of nitrogens with zero attached hydrogens (tertiary/aromatic N) is 2. The van der Waals surface area contributed by atoms with E-state index in [0.717, 1.165) is 0 Å². The summed E-state index contributed by atoms with van der Waals surface area (Å²) in [5, 5.41) is 8.28. The number of hydrogen-bond acceptors (Lipinski definition) is 3. The van der Waals surface area contributed by atoms with Crippen molar-refractivity contribution in [1.82, 2.24) is 4.67 Å². The summed E-state index contributed by atoms with van der Waals surface area (Å²) in [7, 11) is -0.798. The van der Waals surface area contributed by atoms with Crippen LogP contribution in [0.25, 0.3) is 0 Å². The topological polar surface area (TPSA) is 53.3 Å². The van der Waals surface area contributed by atoms with E-state index in [0.29, 0.717) is 25.7 Å². The van der Waals surface area contributed by atoms with E-state index in [1.165, 1.54) is 0 Å². The van der Waals surface area contributed by atoms with Crippen molar-refractivity contribution in [2.75, 3.05) is 26.4 Å². The summed E-state index contributed by atoms with van der Waals surface area (Å²) in [4.78, 5) is 0. The molecule has 0 aromatic heterocycles. The van der Waals surface area contributed by atoms with E-state index in [-0.39, 0.29) is 0 Å². The molecule has 1 saturated heterocycles. The van der Waals surface area contributed by atoms with Crippen molar-refractivity contribution in [2.24, 2.45) is 0 Å². The quantitative estimate of drug-likeness (QED) is 0.587. The van der Waals surface area contributed by atoms with Gasteiger partial charge < -0.3 is 4.52 Å². The van der Waals surface area contributed by atoms with Crippen LogP contribution in [0.4, 0.5) is 0 Å². The lowest BCUT2D eigenvalue weighted by atomic mass is 10.6. The molecule has 0 aliphatic carbocycles. The Kier molecular flexibility index (Phi) is 2.67. The minimum absolute atomic E-state index is 0.307. The first kappa shape index (κ1) is 8.73. The molecule has 1 atom stereocenters. The average Bonchev–Trinajstić information content (AvgIpc) is 2.30. The molecule has 0 radical (unpaired) electrons. The molecule has 62 valence electrons. The fourth-order valence-electron chi connectivity index (χ4n) is 0.993. The van der Waals surface area contributed by atoms with Crippen LogP contribution in [0.2, 0.25) is 0 Å². The fourth-order valence-corrected chi connectivity index (χ4v) is 2.80. The van der Waals surface area contributed by atoms with Crippen molar-refractivity contribution >= 4 is 7.52 Å². The number of nitriles is 1. The van der Waals surface area contributed by atoms with Crippen molar-refractivity contribution in [3.8, 4) is 6.07 Å². The molecule has 11 heavy (non-hydrogen) atoms. The number of hydrogen-bond donors (Lipinski definition) is 0. The second-order valence-corrected chi connectivity index (χ2v) is 5.15. The summed E-state index contributed by atoms with van der Waals surface area (Å²) < 4.78 is 18.5. The molecule has 4 nitrogen and oxygen atoms in total. The van der Waals surface area contributed by atoms with Crippen LogP contribution in [0.1, 0.15) is 6.42 Å². The van der Waals surface area contributed by atoms with E-state index in [2.05, 4.69) is 0 Å². The molecule has 1 rings (SSSR count). The van der Waals surface area contributed by atoms with Crippen LogP contribution >= 0.6 is 7.52 Å². The van der Waals surface area contributed by atoms with Gasteiger partial charge in [-0.2, -0.15) is 5.26 Å². The van der Waals surface area contributed by atoms with Gasteiger partial charge in [-0.25, -0.2) is 4.67 Å². The van der Waals surface area contributed by atoms with Gasteiger partial charge in [0.25, 0.3) is 7.52 Å². The molecular weight excluding hydrogens is 163 g/mol. The van der Waals surface area contributed by atoms with E-state index in [1.807, 2.05) is 6.07 Å². The van der Waals surface area contributed by atoms with E-state index >= 15 is 0 Å². The highest BCUT2D eigenvalue weighted by Gasteiger charge is 2.33. The maximum atomic E-state index is 11.7. The zero-order chi connectivity index (χ0) is 8.32. The Balaban J connectivity index is 2.53. The predicted octanol–water partition coefficient (Wildman–Crippen LogP) is 1.06. The molecule has 5 heteroatoms. The van der Waals surface area contributed by atoms with Crippen molar-refractivity contribution in [3.05, 3.63) is 0 Å². The van der Waals surface area contributed by atoms with E-state index < -0.39 is 7.52 Å². The molecule has 1 heterocycles. The van der Waals surface area contributed by atoms with Gasteiger partial charge in [0.2, 0.25) is 0 Å². The minimum Gasteiger partial charge on any atom is -0.316 e. The smallest absolute Gasteiger partial charge is 0.273 e. The van der Waals surface area contributed by atoms with Gasteiger partial charge in [0.15, 0.2) is 0 Å². The lowest BCUT2D eigenvalue weighted by Gasteiger charge is -2.16. The number of rotatable bonds is 2. The monoisotopic (exact) mass is 174 g/mol. The van der Waals surface area contributed by atoms with Crippen LogP contribution in [-0.2, 0) is 9.09 Å². The van der Waals surface area contributed by atoms with Gasteiger partial charge in [0.1, 0.15) is 0 Å². The summed E-state index contributed by atoms with van der Waals surface area (Å²) in [6.07, 6.45) is 0.668. The molecule has 0 saturated carbocycles. The summed E-state index contributed by atoms with van der Waals surface area (Å²) in [5.74, 6) is 0. The van der Waals surface area contributed by atoms with Gasteiger partial charge in [0.05, 0.1) is 18.8 Å². The summed E-state index contributed by atoms with van der Waals surface area (Å²) in [5.41, 5.74) is 0. The molecule has 1 fully saturated rings. The van der Waals surface area contributed by atoms with Crippen LogP contribution in [0, 0.1) is 11.3 Å². The third-order valence-corrected chi connectivity index (χ3v) is 4.35. The van der Waals surface area contributed by atoms with E-state index in [4.69, 9.17) is 9.79 Å². The van der Waals surface area contributed by atoms with Gasteiger partial charge in [-0.15, -0.1) is 0 Å². The third kappa shape index (κ3) is 1.81. The van der Waals surface area contributed by atoms with Gasteiger partial charge in [-0.1, -0.05) is 0 Å². The predicted molar refractivity (Wildman–Crippen MR) is 41.3 cm³/mol. The zero-order valence-corrected chi connectivity index (χ0v) is 7.38. The molecular formula is C6H11N2O2P. The largest absolute Gasteiger partial charge is 0.316 e. The van der Waals surface area contributed by atoms with Crippen molar-refractivity contribution < 1.29 is 9.09 Å². The average molecular weight is 174 g/mol. The summed E-state index contributed by atoms with van der Waals surface area (Å²) >= 11 is 0. The van der Waals surface area contributed by atoms with Gasteiger partial charge in [-0.05, 0) is 7.05 Å². The second-order valence-electron chi connectivity index (χ2n) is 2.48. The second kappa shape index (κ2) is 3.36. The SMILES string of the molecule is CN1CCOP1(=O)CCC#N. The summed E-state index contributed by atoms with van der Waals surface area (Å²) in [6.45, 7) is 1.24. The van der Waals surface area contributed by atoms with Crippen LogP contribution in [0.15, 0.2) is 0 Å². The molecule has 1 aliphatic rings. The standard InChI is InChI=1S/C6H11N2O2P/c1-8-4-5-10-11(8,9)6-2-3-7/h2,4-6H2,1H3. The Hall–Kier alpha value is -0.360. The molecule has 0 amide bonds. The van der Waals surface area contributed by atoms with Crippen LogP contribution in [0.3, 0.4) is 0 Å². The van der Waals surface area contributed by atoms with E-state index in [9.17, 15) is 4.57 Å².